The molecule has 2 aromatic heterocycles. The van der Waals surface area contributed by atoms with Crippen LogP contribution in [0, 0.1) is 17.6 Å². The van der Waals surface area contributed by atoms with Gasteiger partial charge in [-0.25, -0.2) is 13.8 Å². The lowest BCUT2D eigenvalue weighted by Crippen LogP contribution is -2.09. The molecule has 1 fully saturated rings. The molecule has 5 rings (SSSR count). The molecule has 0 amide bonds. The number of tetrazole rings is 1. The molecular formula is C22H18Cl2F2N6. The number of imidazole rings is 1. The van der Waals surface area contributed by atoms with Crippen molar-refractivity contribution in [2.75, 3.05) is 0 Å². The summed E-state index contributed by atoms with van der Waals surface area (Å²) in [6, 6.07) is 9.11. The summed E-state index contributed by atoms with van der Waals surface area (Å²) in [6.07, 6.45) is 5.13. The predicted molar refractivity (Wildman–Crippen MR) is 118 cm³/mol. The van der Waals surface area contributed by atoms with Crippen molar-refractivity contribution in [1.82, 2.24) is 30.2 Å². The van der Waals surface area contributed by atoms with Crippen LogP contribution in [0.3, 0.4) is 0 Å². The van der Waals surface area contributed by atoms with Crippen LogP contribution in [-0.2, 0) is 6.42 Å². The Hall–Kier alpha value is -2.84. The summed E-state index contributed by atoms with van der Waals surface area (Å²) >= 11 is 12.2. The minimum Gasteiger partial charge on any atom is -0.292 e. The van der Waals surface area contributed by atoms with Gasteiger partial charge >= 0.3 is 0 Å². The number of nitrogens with zero attached hydrogens (tertiary/aromatic N) is 5. The van der Waals surface area contributed by atoms with Gasteiger partial charge in [-0.15, -0.1) is 10.2 Å². The van der Waals surface area contributed by atoms with E-state index in [-0.39, 0.29) is 21.6 Å². The second-order valence-electron chi connectivity index (χ2n) is 7.85. The normalized spacial score (nSPS) is 14.4. The van der Waals surface area contributed by atoms with Gasteiger partial charge in [0.2, 0.25) is 5.82 Å². The molecule has 10 heteroatoms. The van der Waals surface area contributed by atoms with E-state index in [0.29, 0.717) is 35.1 Å². The number of halogens is 4. The lowest BCUT2D eigenvalue weighted by Gasteiger charge is -2.16. The van der Waals surface area contributed by atoms with Crippen LogP contribution in [0.2, 0.25) is 10.0 Å². The highest BCUT2D eigenvalue weighted by molar-refractivity contribution is 6.31. The van der Waals surface area contributed by atoms with Gasteiger partial charge in [0.25, 0.3) is 0 Å². The van der Waals surface area contributed by atoms with E-state index in [1.807, 2.05) is 0 Å². The molecule has 4 aromatic rings. The van der Waals surface area contributed by atoms with Crippen LogP contribution in [0.25, 0.3) is 28.5 Å². The van der Waals surface area contributed by atoms with Gasteiger partial charge in [-0.3, -0.25) is 4.57 Å². The van der Waals surface area contributed by atoms with Crippen LogP contribution < -0.4 is 0 Å². The second-order valence-corrected chi connectivity index (χ2v) is 8.67. The second kappa shape index (κ2) is 8.60. The fourth-order valence-electron chi connectivity index (χ4n) is 4.33. The number of nitrogens with one attached hydrogen (secondary N) is 1. The molecule has 0 atom stereocenters. The van der Waals surface area contributed by atoms with Gasteiger partial charge in [0.15, 0.2) is 5.82 Å². The average molecular weight is 475 g/mol. The molecule has 0 bridgehead atoms. The maximum absolute atomic E-state index is 15.3. The number of benzene rings is 2. The molecule has 1 aliphatic rings. The zero-order chi connectivity index (χ0) is 22.2. The van der Waals surface area contributed by atoms with Gasteiger partial charge in [0, 0.05) is 12.0 Å². The molecular weight excluding hydrogens is 457 g/mol. The zero-order valence-electron chi connectivity index (χ0n) is 16.8. The number of rotatable bonds is 5. The van der Waals surface area contributed by atoms with Gasteiger partial charge in [-0.2, -0.15) is 5.21 Å². The number of aromatic nitrogens is 6. The van der Waals surface area contributed by atoms with E-state index in [4.69, 9.17) is 28.2 Å². The van der Waals surface area contributed by atoms with Crippen LogP contribution >= 0.6 is 23.2 Å². The van der Waals surface area contributed by atoms with Crippen molar-refractivity contribution in [1.29, 1.82) is 0 Å². The molecule has 1 N–H and O–H groups in total. The summed E-state index contributed by atoms with van der Waals surface area (Å²) in [4.78, 5) is 4.82. The maximum Gasteiger partial charge on any atom is 0.225 e. The maximum atomic E-state index is 15.3. The summed E-state index contributed by atoms with van der Waals surface area (Å²) in [5.41, 5.74) is 1.67. The van der Waals surface area contributed by atoms with E-state index in [2.05, 4.69) is 20.6 Å². The van der Waals surface area contributed by atoms with Crippen molar-refractivity contribution in [2.24, 2.45) is 5.92 Å². The van der Waals surface area contributed by atoms with Crippen LogP contribution in [0.4, 0.5) is 8.78 Å². The Kier molecular flexibility index (Phi) is 5.65. The third kappa shape index (κ3) is 3.78. The monoisotopic (exact) mass is 474 g/mol. The van der Waals surface area contributed by atoms with Crippen LogP contribution in [0.1, 0.15) is 31.5 Å². The first-order valence-electron chi connectivity index (χ1n) is 10.3. The third-order valence-corrected chi connectivity index (χ3v) is 6.40. The number of hydrogen-bond acceptors (Lipinski definition) is 4. The average Bonchev–Trinajstić information content (AvgIpc) is 3.54. The molecule has 2 heterocycles. The first-order valence-corrected chi connectivity index (χ1v) is 11.0. The van der Waals surface area contributed by atoms with Crippen molar-refractivity contribution < 1.29 is 8.78 Å². The molecule has 1 aliphatic carbocycles. The van der Waals surface area contributed by atoms with E-state index in [1.54, 1.807) is 22.8 Å². The Balaban J connectivity index is 1.81. The minimum absolute atomic E-state index is 0.00721. The molecule has 1 saturated carbocycles. The summed E-state index contributed by atoms with van der Waals surface area (Å²) in [5, 5.41) is 14.2. The van der Waals surface area contributed by atoms with E-state index < -0.39 is 11.6 Å². The lowest BCUT2D eigenvalue weighted by molar-refractivity contribution is 0.524. The summed E-state index contributed by atoms with van der Waals surface area (Å²) in [7, 11) is 0. The van der Waals surface area contributed by atoms with Crippen molar-refractivity contribution in [2.45, 2.75) is 32.1 Å². The zero-order valence-corrected chi connectivity index (χ0v) is 18.3. The summed E-state index contributed by atoms with van der Waals surface area (Å²) in [6.45, 7) is 0. The molecule has 2 aromatic carbocycles. The van der Waals surface area contributed by atoms with E-state index in [1.165, 1.54) is 18.2 Å². The number of aromatic amines is 1. The SMILES string of the molecule is Fc1ccc(-c2c(-c3nn[nH]n3)nc(CC3CCCC3)n2-c2cccc(Cl)c2F)cc1Cl. The third-order valence-electron chi connectivity index (χ3n) is 5.82. The molecule has 164 valence electrons. The Morgan fingerprint density at radius 3 is 2.59 bits per heavy atom. The molecule has 0 aliphatic heterocycles. The Morgan fingerprint density at radius 2 is 1.88 bits per heavy atom. The van der Waals surface area contributed by atoms with E-state index in [0.717, 1.165) is 25.7 Å². The molecule has 32 heavy (non-hydrogen) atoms. The van der Waals surface area contributed by atoms with Gasteiger partial charge in [-0.1, -0.05) is 55.0 Å². The van der Waals surface area contributed by atoms with Crippen molar-refractivity contribution in [3.63, 3.8) is 0 Å². The number of hydrogen-bond donors (Lipinski definition) is 1. The number of H-pyrrole nitrogens is 1. The highest BCUT2D eigenvalue weighted by Gasteiger charge is 2.28. The van der Waals surface area contributed by atoms with E-state index in [9.17, 15) is 4.39 Å². The lowest BCUT2D eigenvalue weighted by atomic mass is 10.0. The summed E-state index contributed by atoms with van der Waals surface area (Å²) < 4.78 is 30.9. The molecule has 6 nitrogen and oxygen atoms in total. The van der Waals surface area contributed by atoms with Gasteiger partial charge in [0.1, 0.15) is 17.3 Å². The first kappa shape index (κ1) is 21.0. The van der Waals surface area contributed by atoms with Crippen molar-refractivity contribution in [3.05, 3.63) is 63.9 Å². The molecule has 0 saturated heterocycles. The topological polar surface area (TPSA) is 72.3 Å². The standard InChI is InChI=1S/C22H18Cl2F2N6/c23-14-6-3-7-17(19(14)26)32-18(10-12-4-1-2-5-12)27-20(22-28-30-31-29-22)21(32)13-8-9-16(25)15(24)11-13/h3,6-9,11-12H,1-2,4-5,10H2,(H,28,29,30,31). The summed E-state index contributed by atoms with van der Waals surface area (Å²) in [5.74, 6) is 0.194. The fraction of sp³-hybridized carbons (Fsp3) is 0.273. The Morgan fingerprint density at radius 1 is 1.06 bits per heavy atom. The quantitative estimate of drug-likeness (QED) is 0.382. The molecule has 0 unspecified atom stereocenters. The van der Waals surface area contributed by atoms with Crippen molar-refractivity contribution in [3.8, 4) is 28.5 Å². The smallest absolute Gasteiger partial charge is 0.225 e. The highest BCUT2D eigenvalue weighted by atomic mass is 35.5. The van der Waals surface area contributed by atoms with E-state index >= 15 is 4.39 Å². The first-order chi connectivity index (χ1) is 15.5. The minimum atomic E-state index is -0.576. The van der Waals surface area contributed by atoms with Crippen molar-refractivity contribution >= 4 is 23.2 Å². The van der Waals surface area contributed by atoms with Crippen LogP contribution in [-0.4, -0.2) is 30.2 Å². The Bertz CT molecular complexity index is 1270. The molecule has 0 spiro atoms. The Labute approximate surface area is 192 Å². The van der Waals surface area contributed by atoms with Gasteiger partial charge < -0.3 is 0 Å². The largest absolute Gasteiger partial charge is 0.292 e. The van der Waals surface area contributed by atoms with Gasteiger partial charge in [-0.05, 0) is 41.5 Å². The van der Waals surface area contributed by atoms with Crippen LogP contribution in [0.15, 0.2) is 36.4 Å². The van der Waals surface area contributed by atoms with Gasteiger partial charge in [0.05, 0.1) is 21.4 Å². The molecule has 0 radical (unpaired) electrons. The van der Waals surface area contributed by atoms with Crippen LogP contribution in [0.5, 0.6) is 0 Å². The predicted octanol–water partition coefficient (Wildman–Crippen LogP) is 6.04. The highest BCUT2D eigenvalue weighted by Crippen LogP contribution is 2.38. The fourth-order valence-corrected chi connectivity index (χ4v) is 4.68.